The number of carbonyl (C=O) groups is 1. The second-order valence-corrected chi connectivity index (χ2v) is 3.91. The zero-order valence-electron chi connectivity index (χ0n) is 8.08. The minimum Gasteiger partial charge on any atom is -0.477 e. The summed E-state index contributed by atoms with van der Waals surface area (Å²) in [5.74, 6) is -1.09. The predicted octanol–water partition coefficient (Wildman–Crippen LogP) is 2.92. The van der Waals surface area contributed by atoms with Gasteiger partial charge in [0.1, 0.15) is 4.88 Å². The van der Waals surface area contributed by atoms with Gasteiger partial charge in [0.05, 0.1) is 19.6 Å². The van der Waals surface area contributed by atoms with Crippen LogP contribution in [0.1, 0.15) is 21.7 Å². The normalized spacial score (nSPS) is 11.7. The zero-order chi connectivity index (χ0) is 12.2. The summed E-state index contributed by atoms with van der Waals surface area (Å²) >= 11 is 1.02. The van der Waals surface area contributed by atoms with E-state index in [4.69, 9.17) is 9.84 Å². The van der Waals surface area contributed by atoms with Crippen LogP contribution in [-0.2, 0) is 11.3 Å². The van der Waals surface area contributed by atoms with E-state index in [-0.39, 0.29) is 11.5 Å². The quantitative estimate of drug-likeness (QED) is 0.822. The summed E-state index contributed by atoms with van der Waals surface area (Å²) in [4.78, 5) is 10.8. The number of thiophene rings is 1. The molecular weight excluding hydrogens is 245 g/mol. The van der Waals surface area contributed by atoms with E-state index in [0.717, 1.165) is 11.3 Å². The van der Waals surface area contributed by atoms with E-state index >= 15 is 0 Å². The highest BCUT2D eigenvalue weighted by Gasteiger charge is 2.26. The molecule has 0 unspecified atom stereocenters. The molecular formula is C9H9F3O3S. The van der Waals surface area contributed by atoms with Crippen molar-refractivity contribution in [1.82, 2.24) is 0 Å². The average Bonchev–Trinajstić information content (AvgIpc) is 2.58. The maximum atomic E-state index is 11.8. The summed E-state index contributed by atoms with van der Waals surface area (Å²) in [7, 11) is 0. The largest absolute Gasteiger partial charge is 0.477 e. The first-order valence-corrected chi connectivity index (χ1v) is 5.22. The SMILES string of the molecule is O=C(O)c1sccc1COCCC(F)(F)F. The highest BCUT2D eigenvalue weighted by atomic mass is 32.1. The Hall–Kier alpha value is -1.08. The molecule has 7 heteroatoms. The summed E-state index contributed by atoms with van der Waals surface area (Å²) in [6, 6.07) is 1.53. The third-order valence-corrected chi connectivity index (χ3v) is 2.67. The van der Waals surface area contributed by atoms with Crippen molar-refractivity contribution in [2.24, 2.45) is 0 Å². The molecule has 0 amide bonds. The molecule has 0 aliphatic rings. The summed E-state index contributed by atoms with van der Waals surface area (Å²) < 4.78 is 40.0. The zero-order valence-corrected chi connectivity index (χ0v) is 8.90. The molecule has 0 atom stereocenters. The first kappa shape index (κ1) is 13.0. The van der Waals surface area contributed by atoms with Gasteiger partial charge < -0.3 is 9.84 Å². The average molecular weight is 254 g/mol. The molecule has 0 aromatic carbocycles. The highest BCUT2D eigenvalue weighted by Crippen LogP contribution is 2.21. The van der Waals surface area contributed by atoms with Crippen LogP contribution >= 0.6 is 11.3 Å². The van der Waals surface area contributed by atoms with E-state index in [9.17, 15) is 18.0 Å². The number of halogens is 3. The number of ether oxygens (including phenoxy) is 1. The molecule has 90 valence electrons. The smallest absolute Gasteiger partial charge is 0.391 e. The molecule has 0 bridgehead atoms. The van der Waals surface area contributed by atoms with Gasteiger partial charge in [-0.15, -0.1) is 11.3 Å². The Balaban J connectivity index is 2.38. The number of rotatable bonds is 5. The van der Waals surface area contributed by atoms with E-state index < -0.39 is 25.2 Å². The van der Waals surface area contributed by atoms with Crippen molar-refractivity contribution >= 4 is 17.3 Å². The Morgan fingerprint density at radius 3 is 2.75 bits per heavy atom. The van der Waals surface area contributed by atoms with Crippen molar-refractivity contribution in [3.8, 4) is 0 Å². The van der Waals surface area contributed by atoms with Crippen LogP contribution in [0.4, 0.5) is 13.2 Å². The minimum atomic E-state index is -4.25. The molecule has 0 aliphatic carbocycles. The van der Waals surface area contributed by atoms with Crippen LogP contribution < -0.4 is 0 Å². The van der Waals surface area contributed by atoms with Gasteiger partial charge in [-0.25, -0.2) is 4.79 Å². The second-order valence-electron chi connectivity index (χ2n) is 3.00. The van der Waals surface area contributed by atoms with Gasteiger partial charge >= 0.3 is 12.1 Å². The van der Waals surface area contributed by atoms with Crippen molar-refractivity contribution in [2.45, 2.75) is 19.2 Å². The lowest BCUT2D eigenvalue weighted by Gasteiger charge is -2.06. The molecule has 1 aromatic heterocycles. The van der Waals surface area contributed by atoms with Crippen LogP contribution in [0.2, 0.25) is 0 Å². The summed E-state index contributed by atoms with van der Waals surface area (Å²) in [6.45, 7) is -0.570. The van der Waals surface area contributed by atoms with Crippen LogP contribution in [-0.4, -0.2) is 23.9 Å². The number of alkyl halides is 3. The number of hydrogen-bond acceptors (Lipinski definition) is 3. The monoisotopic (exact) mass is 254 g/mol. The van der Waals surface area contributed by atoms with Crippen LogP contribution in [0.5, 0.6) is 0 Å². The topological polar surface area (TPSA) is 46.5 Å². The Morgan fingerprint density at radius 2 is 2.19 bits per heavy atom. The van der Waals surface area contributed by atoms with E-state index in [1.54, 1.807) is 5.38 Å². The van der Waals surface area contributed by atoms with Crippen LogP contribution in [0, 0.1) is 0 Å². The fourth-order valence-electron chi connectivity index (χ4n) is 1.01. The van der Waals surface area contributed by atoms with Gasteiger partial charge in [0.2, 0.25) is 0 Å². The molecule has 1 N–H and O–H groups in total. The first-order valence-electron chi connectivity index (χ1n) is 4.34. The van der Waals surface area contributed by atoms with E-state index in [0.29, 0.717) is 5.56 Å². The maximum Gasteiger partial charge on any atom is 0.391 e. The molecule has 1 heterocycles. The molecule has 0 aliphatic heterocycles. The van der Waals surface area contributed by atoms with Gasteiger partial charge in [-0.1, -0.05) is 0 Å². The Labute approximate surface area is 93.5 Å². The fraction of sp³-hybridized carbons (Fsp3) is 0.444. The lowest BCUT2D eigenvalue weighted by molar-refractivity contribution is -0.146. The third kappa shape index (κ3) is 4.19. The van der Waals surface area contributed by atoms with Gasteiger partial charge in [0, 0.05) is 5.56 Å². The van der Waals surface area contributed by atoms with Gasteiger partial charge in [0.15, 0.2) is 0 Å². The fourth-order valence-corrected chi connectivity index (χ4v) is 1.75. The molecule has 1 rings (SSSR count). The minimum absolute atomic E-state index is 0.104. The van der Waals surface area contributed by atoms with Gasteiger partial charge in [0.25, 0.3) is 0 Å². The molecule has 3 nitrogen and oxygen atoms in total. The van der Waals surface area contributed by atoms with E-state index in [1.807, 2.05) is 0 Å². The number of hydrogen-bond donors (Lipinski definition) is 1. The molecule has 0 fully saturated rings. The van der Waals surface area contributed by atoms with Crippen molar-refractivity contribution in [1.29, 1.82) is 0 Å². The lowest BCUT2D eigenvalue weighted by atomic mass is 10.3. The third-order valence-electron chi connectivity index (χ3n) is 1.73. The molecule has 16 heavy (non-hydrogen) atoms. The van der Waals surface area contributed by atoms with E-state index in [1.165, 1.54) is 6.07 Å². The van der Waals surface area contributed by atoms with Gasteiger partial charge in [-0.05, 0) is 11.4 Å². The van der Waals surface area contributed by atoms with Gasteiger partial charge in [-0.2, -0.15) is 13.2 Å². The summed E-state index contributed by atoms with van der Waals surface area (Å²) in [5, 5.41) is 10.3. The first-order chi connectivity index (χ1) is 7.40. The Morgan fingerprint density at radius 1 is 1.50 bits per heavy atom. The van der Waals surface area contributed by atoms with Crippen LogP contribution in [0.3, 0.4) is 0 Å². The standard InChI is InChI=1S/C9H9F3O3S/c10-9(11,12)2-3-15-5-6-1-4-16-7(6)8(13)14/h1,4H,2-3,5H2,(H,13,14). The van der Waals surface area contributed by atoms with Crippen LogP contribution in [0.15, 0.2) is 11.4 Å². The molecule has 0 radical (unpaired) electrons. The highest BCUT2D eigenvalue weighted by molar-refractivity contribution is 7.12. The summed E-state index contributed by atoms with van der Waals surface area (Å²) in [6.07, 6.45) is -5.27. The number of aromatic carboxylic acids is 1. The number of carboxylic acids is 1. The van der Waals surface area contributed by atoms with Crippen LogP contribution in [0.25, 0.3) is 0 Å². The molecule has 1 aromatic rings. The maximum absolute atomic E-state index is 11.8. The molecule has 0 spiro atoms. The Kier molecular flexibility index (Phi) is 4.31. The summed E-state index contributed by atoms with van der Waals surface area (Å²) in [5.41, 5.74) is 0.402. The van der Waals surface area contributed by atoms with Crippen molar-refractivity contribution in [3.63, 3.8) is 0 Å². The predicted molar refractivity (Wildman–Crippen MR) is 51.6 cm³/mol. The van der Waals surface area contributed by atoms with Crippen molar-refractivity contribution in [3.05, 3.63) is 21.9 Å². The molecule has 0 saturated carbocycles. The lowest BCUT2D eigenvalue weighted by Crippen LogP contribution is -2.11. The van der Waals surface area contributed by atoms with Crippen molar-refractivity contribution in [2.75, 3.05) is 6.61 Å². The van der Waals surface area contributed by atoms with Gasteiger partial charge in [-0.3, -0.25) is 0 Å². The van der Waals surface area contributed by atoms with Crippen molar-refractivity contribution < 1.29 is 27.8 Å². The number of carboxylic acid groups (broad SMARTS) is 1. The van der Waals surface area contributed by atoms with E-state index in [2.05, 4.69) is 0 Å². The Bertz CT molecular complexity index is 359. The second kappa shape index (κ2) is 5.31. The molecule has 0 saturated heterocycles.